The highest BCUT2D eigenvalue weighted by Gasteiger charge is 2.29. The molecule has 18 heavy (non-hydrogen) atoms. The van der Waals surface area contributed by atoms with Crippen LogP contribution in [0.3, 0.4) is 0 Å². The van der Waals surface area contributed by atoms with Gasteiger partial charge in [-0.2, -0.15) is 5.26 Å². The second-order valence-corrected chi connectivity index (χ2v) is 6.41. The molecule has 1 aliphatic rings. The van der Waals surface area contributed by atoms with Gasteiger partial charge in [0.15, 0.2) is 0 Å². The maximum Gasteiger partial charge on any atom is 0.0992 e. The first kappa shape index (κ1) is 13.5. The molecule has 1 aromatic carbocycles. The Morgan fingerprint density at radius 1 is 1.61 bits per heavy atom. The Hall–Kier alpha value is -0.890. The molecule has 3 atom stereocenters. The molecular weight excluding hydrogens is 270 g/mol. The summed E-state index contributed by atoms with van der Waals surface area (Å²) in [5.74, 6) is 0.420. The SMILES string of the molecule is CC1OCCC1S(=O)Cc1ccc(C#N)cc1Cl. The van der Waals surface area contributed by atoms with E-state index in [9.17, 15) is 4.21 Å². The minimum atomic E-state index is -0.988. The van der Waals surface area contributed by atoms with Crippen LogP contribution in [0.5, 0.6) is 0 Å². The summed E-state index contributed by atoms with van der Waals surface area (Å²) < 4.78 is 17.7. The quantitative estimate of drug-likeness (QED) is 0.857. The lowest BCUT2D eigenvalue weighted by atomic mass is 10.2. The summed E-state index contributed by atoms with van der Waals surface area (Å²) >= 11 is 6.08. The Morgan fingerprint density at radius 3 is 2.94 bits per heavy atom. The zero-order chi connectivity index (χ0) is 13.1. The van der Waals surface area contributed by atoms with Gasteiger partial charge in [-0.15, -0.1) is 0 Å². The average molecular weight is 284 g/mol. The molecule has 0 saturated carbocycles. The molecule has 1 fully saturated rings. The van der Waals surface area contributed by atoms with E-state index in [0.29, 0.717) is 22.9 Å². The highest BCUT2D eigenvalue weighted by molar-refractivity contribution is 7.84. The van der Waals surface area contributed by atoms with Crippen molar-refractivity contribution in [3.8, 4) is 6.07 Å². The maximum absolute atomic E-state index is 12.2. The van der Waals surface area contributed by atoms with Gasteiger partial charge in [0, 0.05) is 22.4 Å². The van der Waals surface area contributed by atoms with Crippen molar-refractivity contribution >= 4 is 22.4 Å². The number of halogens is 1. The predicted octanol–water partition coefficient (Wildman–Crippen LogP) is 2.64. The minimum absolute atomic E-state index is 0.0444. The molecule has 0 amide bonds. The van der Waals surface area contributed by atoms with Gasteiger partial charge < -0.3 is 4.74 Å². The highest BCUT2D eigenvalue weighted by atomic mass is 35.5. The molecule has 0 spiro atoms. The van der Waals surface area contributed by atoms with Crippen molar-refractivity contribution in [3.63, 3.8) is 0 Å². The van der Waals surface area contributed by atoms with Crippen LogP contribution in [0.25, 0.3) is 0 Å². The molecule has 0 aliphatic carbocycles. The number of rotatable bonds is 3. The van der Waals surface area contributed by atoms with E-state index in [4.69, 9.17) is 21.6 Å². The van der Waals surface area contributed by atoms with Gasteiger partial charge in [0.1, 0.15) is 0 Å². The number of benzene rings is 1. The van der Waals surface area contributed by atoms with Crippen LogP contribution in [-0.4, -0.2) is 22.2 Å². The van der Waals surface area contributed by atoms with Gasteiger partial charge in [-0.3, -0.25) is 4.21 Å². The van der Waals surface area contributed by atoms with Crippen LogP contribution in [-0.2, 0) is 21.3 Å². The summed E-state index contributed by atoms with van der Waals surface area (Å²) in [6.07, 6.45) is 0.879. The van der Waals surface area contributed by atoms with Crippen molar-refractivity contribution in [1.29, 1.82) is 5.26 Å². The monoisotopic (exact) mass is 283 g/mol. The summed E-state index contributed by atoms with van der Waals surface area (Å²) in [4.78, 5) is 0. The van der Waals surface area contributed by atoms with E-state index in [1.54, 1.807) is 18.2 Å². The summed E-state index contributed by atoms with van der Waals surface area (Å²) in [6, 6.07) is 7.12. The maximum atomic E-state index is 12.2. The average Bonchev–Trinajstić information content (AvgIpc) is 2.78. The lowest BCUT2D eigenvalue weighted by molar-refractivity contribution is 0.127. The normalized spacial score (nSPS) is 24.7. The lowest BCUT2D eigenvalue weighted by Gasteiger charge is -2.14. The van der Waals surface area contributed by atoms with Crippen LogP contribution in [0.4, 0.5) is 0 Å². The van der Waals surface area contributed by atoms with Crippen molar-refractivity contribution in [2.24, 2.45) is 0 Å². The van der Waals surface area contributed by atoms with Crippen LogP contribution in [0.2, 0.25) is 5.02 Å². The van der Waals surface area contributed by atoms with E-state index in [0.717, 1.165) is 12.0 Å². The number of hydrogen-bond acceptors (Lipinski definition) is 3. The van der Waals surface area contributed by atoms with E-state index >= 15 is 0 Å². The molecule has 2 rings (SSSR count). The number of ether oxygens (including phenoxy) is 1. The largest absolute Gasteiger partial charge is 0.377 e. The Kier molecular flexibility index (Phi) is 4.39. The Balaban J connectivity index is 2.10. The zero-order valence-electron chi connectivity index (χ0n) is 10.1. The van der Waals surface area contributed by atoms with E-state index in [2.05, 4.69) is 0 Å². The molecule has 96 valence electrons. The number of nitriles is 1. The molecule has 1 saturated heterocycles. The van der Waals surface area contributed by atoms with E-state index in [-0.39, 0.29) is 11.4 Å². The van der Waals surface area contributed by atoms with Gasteiger partial charge in [-0.05, 0) is 31.0 Å². The van der Waals surface area contributed by atoms with E-state index in [1.165, 1.54) is 0 Å². The van der Waals surface area contributed by atoms with Crippen LogP contribution < -0.4 is 0 Å². The van der Waals surface area contributed by atoms with Gasteiger partial charge in [0.2, 0.25) is 0 Å². The Morgan fingerprint density at radius 2 is 2.39 bits per heavy atom. The molecule has 1 heterocycles. The zero-order valence-corrected chi connectivity index (χ0v) is 11.6. The van der Waals surface area contributed by atoms with Gasteiger partial charge >= 0.3 is 0 Å². The third-order valence-corrected chi connectivity index (χ3v) is 5.37. The second-order valence-electron chi connectivity index (χ2n) is 4.35. The minimum Gasteiger partial charge on any atom is -0.377 e. The first-order valence-corrected chi connectivity index (χ1v) is 7.55. The molecule has 5 heteroatoms. The second kappa shape index (κ2) is 5.83. The molecular formula is C13H14ClNO2S. The number of nitrogens with zero attached hydrogens (tertiary/aromatic N) is 1. The van der Waals surface area contributed by atoms with Gasteiger partial charge in [-0.1, -0.05) is 17.7 Å². The fourth-order valence-electron chi connectivity index (χ4n) is 2.05. The summed E-state index contributed by atoms with van der Waals surface area (Å²) in [5.41, 5.74) is 1.35. The fraction of sp³-hybridized carbons (Fsp3) is 0.462. The first-order chi connectivity index (χ1) is 8.61. The first-order valence-electron chi connectivity index (χ1n) is 5.79. The lowest BCUT2D eigenvalue weighted by Crippen LogP contribution is -2.24. The predicted molar refractivity (Wildman–Crippen MR) is 71.8 cm³/mol. The standard InChI is InChI=1S/C13H14ClNO2S/c1-9-13(4-5-17-9)18(16)8-11-3-2-10(7-15)6-12(11)14/h2-3,6,9,13H,4-5,8H2,1H3. The van der Waals surface area contributed by atoms with E-state index < -0.39 is 10.8 Å². The summed E-state index contributed by atoms with van der Waals surface area (Å²) in [6.45, 7) is 2.63. The molecule has 3 unspecified atom stereocenters. The topological polar surface area (TPSA) is 50.1 Å². The smallest absolute Gasteiger partial charge is 0.0992 e. The molecule has 1 aromatic rings. The fourth-order valence-corrected chi connectivity index (χ4v) is 4.02. The third kappa shape index (κ3) is 2.92. The van der Waals surface area contributed by atoms with Crippen molar-refractivity contribution in [3.05, 3.63) is 34.3 Å². The van der Waals surface area contributed by atoms with Crippen LogP contribution in [0.15, 0.2) is 18.2 Å². The Labute approximate surface area is 114 Å². The van der Waals surface area contributed by atoms with Crippen molar-refractivity contribution in [2.75, 3.05) is 6.61 Å². The molecule has 3 nitrogen and oxygen atoms in total. The third-order valence-electron chi connectivity index (χ3n) is 3.12. The van der Waals surface area contributed by atoms with Crippen molar-refractivity contribution in [1.82, 2.24) is 0 Å². The van der Waals surface area contributed by atoms with E-state index in [1.807, 2.05) is 13.0 Å². The molecule has 0 N–H and O–H groups in total. The van der Waals surface area contributed by atoms with Crippen LogP contribution in [0, 0.1) is 11.3 Å². The Bertz CT molecular complexity index is 512. The molecule has 0 aromatic heterocycles. The highest BCUT2D eigenvalue weighted by Crippen LogP contribution is 2.24. The van der Waals surface area contributed by atoms with Gasteiger partial charge in [0.05, 0.1) is 28.7 Å². The van der Waals surface area contributed by atoms with Crippen LogP contribution in [0.1, 0.15) is 24.5 Å². The molecule has 0 bridgehead atoms. The number of hydrogen-bond donors (Lipinski definition) is 0. The van der Waals surface area contributed by atoms with Crippen molar-refractivity contribution < 1.29 is 8.95 Å². The molecule has 0 radical (unpaired) electrons. The summed E-state index contributed by atoms with van der Waals surface area (Å²) in [5, 5.41) is 9.35. The van der Waals surface area contributed by atoms with Crippen LogP contribution >= 0.6 is 11.6 Å². The van der Waals surface area contributed by atoms with Crippen molar-refractivity contribution in [2.45, 2.75) is 30.5 Å². The summed E-state index contributed by atoms with van der Waals surface area (Å²) in [7, 11) is -0.988. The molecule has 1 aliphatic heterocycles. The van der Waals surface area contributed by atoms with Gasteiger partial charge in [0.25, 0.3) is 0 Å². The van der Waals surface area contributed by atoms with Gasteiger partial charge in [-0.25, -0.2) is 0 Å².